The van der Waals surface area contributed by atoms with Crippen LogP contribution in [0.4, 0.5) is 18.9 Å². The molecule has 1 heterocycles. The number of likely N-dealkylation sites (N-methyl/N-ethyl adjacent to an activating group) is 1. The van der Waals surface area contributed by atoms with Gasteiger partial charge in [-0.1, -0.05) is 19.1 Å². The molecule has 1 aliphatic rings. The minimum atomic E-state index is -4.41. The molecule has 3 aromatic rings. The molecule has 0 spiro atoms. The van der Waals surface area contributed by atoms with Gasteiger partial charge in [0.2, 0.25) is 0 Å². The van der Waals surface area contributed by atoms with Gasteiger partial charge in [0, 0.05) is 37.8 Å². The largest absolute Gasteiger partial charge is 0.497 e. The Bertz CT molecular complexity index is 1690. The van der Waals surface area contributed by atoms with Crippen molar-refractivity contribution in [2.75, 3.05) is 45.2 Å². The highest BCUT2D eigenvalue weighted by Gasteiger charge is 2.32. The fourth-order valence-corrected chi connectivity index (χ4v) is 6.95. The fraction of sp³-hybridized carbons (Fsp3) is 0.486. The summed E-state index contributed by atoms with van der Waals surface area (Å²) < 4.78 is 86.1. The second-order valence-corrected chi connectivity index (χ2v) is 14.9. The molecule has 3 aromatic carbocycles. The van der Waals surface area contributed by atoms with E-state index in [0.717, 1.165) is 25.0 Å². The van der Waals surface area contributed by atoms with Gasteiger partial charge in [-0.05, 0) is 100 Å². The van der Waals surface area contributed by atoms with Crippen molar-refractivity contribution >= 4 is 21.6 Å². The highest BCUT2D eigenvalue weighted by Crippen LogP contribution is 2.31. The van der Waals surface area contributed by atoms with E-state index in [9.17, 15) is 31.5 Å². The minimum absolute atomic E-state index is 0.0123. The Morgan fingerprint density at radius 3 is 2.37 bits per heavy atom. The van der Waals surface area contributed by atoms with Gasteiger partial charge < -0.3 is 24.2 Å². The van der Waals surface area contributed by atoms with Gasteiger partial charge in [-0.25, -0.2) is 8.42 Å². The predicted molar refractivity (Wildman–Crippen MR) is 188 cm³/mol. The number of aliphatic hydroxyl groups excluding tert-OH is 1. The number of hydrogen-bond acceptors (Lipinski definition) is 8. The molecule has 14 heteroatoms. The minimum Gasteiger partial charge on any atom is -0.497 e. The van der Waals surface area contributed by atoms with E-state index in [2.05, 4.69) is 4.72 Å². The molecule has 0 aromatic heterocycles. The quantitative estimate of drug-likeness (QED) is 0.245. The molecule has 1 amide bonds. The maximum atomic E-state index is 14.4. The van der Waals surface area contributed by atoms with Crippen LogP contribution in [0.2, 0.25) is 0 Å². The van der Waals surface area contributed by atoms with Crippen LogP contribution in [-0.2, 0) is 27.5 Å². The van der Waals surface area contributed by atoms with Crippen LogP contribution >= 0.6 is 0 Å². The molecule has 4 atom stereocenters. The van der Waals surface area contributed by atoms with E-state index in [-0.39, 0.29) is 47.4 Å². The number of rotatable bonds is 10. The molecule has 2 N–H and O–H groups in total. The number of aliphatic hydroxyl groups is 1. The SMILES string of the molecule is COc1ccc(S(=O)(=O)Nc2ccc3c(c2)C(=O)N([C@@H](C)CO)C[C@@H](C)[C@H](CN(C)Cc2ccc(C(F)(F)F)cc2)OCCCC[C@@H](C)O3)cc1. The summed E-state index contributed by atoms with van der Waals surface area (Å²) in [6, 6.07) is 14.9. The highest BCUT2D eigenvalue weighted by molar-refractivity contribution is 7.92. The van der Waals surface area contributed by atoms with E-state index >= 15 is 0 Å². The van der Waals surface area contributed by atoms with Gasteiger partial charge >= 0.3 is 6.18 Å². The molecular weight excluding hydrogens is 687 g/mol. The Balaban J connectivity index is 1.61. The zero-order chi connectivity index (χ0) is 37.3. The highest BCUT2D eigenvalue weighted by atomic mass is 32.2. The number of ether oxygens (including phenoxy) is 3. The van der Waals surface area contributed by atoms with Crippen molar-refractivity contribution in [3.63, 3.8) is 0 Å². The maximum Gasteiger partial charge on any atom is 0.416 e. The van der Waals surface area contributed by atoms with Crippen molar-refractivity contribution in [2.45, 2.75) is 75.9 Å². The predicted octanol–water partition coefficient (Wildman–Crippen LogP) is 6.44. The first-order chi connectivity index (χ1) is 24.1. The van der Waals surface area contributed by atoms with E-state index < -0.39 is 33.7 Å². The molecule has 0 fully saturated rings. The molecule has 1 aliphatic heterocycles. The molecular formula is C37H48F3N3O7S. The zero-order valence-electron chi connectivity index (χ0n) is 29.7. The number of amides is 1. The molecule has 280 valence electrons. The number of nitrogens with zero attached hydrogens (tertiary/aromatic N) is 2. The number of benzene rings is 3. The van der Waals surface area contributed by atoms with E-state index in [4.69, 9.17) is 14.2 Å². The third-order valence-corrected chi connectivity index (χ3v) is 10.3. The number of halogens is 3. The lowest BCUT2D eigenvalue weighted by atomic mass is 10.0. The fourth-order valence-electron chi connectivity index (χ4n) is 5.90. The molecule has 51 heavy (non-hydrogen) atoms. The van der Waals surface area contributed by atoms with E-state index in [1.165, 1.54) is 54.5 Å². The second kappa shape index (κ2) is 17.6. The Kier molecular flexibility index (Phi) is 13.8. The standard InChI is InChI=1S/C37H48F3N3O7S/c1-25-21-43(26(2)24-44)36(45)33-20-30(41-51(46,47)32-16-14-31(48-5)15-17-32)13-18-34(33)50-27(3)8-6-7-19-49-35(25)23-42(4)22-28-9-11-29(12-10-28)37(38,39)40/h9-18,20,25-27,35,41,44H,6-8,19,21-24H2,1-5H3/t25-,26+,27-,35+/m1/s1. The van der Waals surface area contributed by atoms with E-state index in [1.54, 1.807) is 19.1 Å². The van der Waals surface area contributed by atoms with Crippen LogP contribution in [0.3, 0.4) is 0 Å². The molecule has 0 saturated heterocycles. The summed E-state index contributed by atoms with van der Waals surface area (Å²) in [5.74, 6) is 0.109. The lowest BCUT2D eigenvalue weighted by Gasteiger charge is -2.36. The maximum absolute atomic E-state index is 14.4. The van der Waals surface area contributed by atoms with Crippen molar-refractivity contribution in [3.8, 4) is 11.5 Å². The Morgan fingerprint density at radius 1 is 1.06 bits per heavy atom. The third-order valence-electron chi connectivity index (χ3n) is 8.90. The van der Waals surface area contributed by atoms with E-state index in [1.807, 2.05) is 25.8 Å². The Hall–Kier alpha value is -3.85. The van der Waals surface area contributed by atoms with Crippen molar-refractivity contribution in [1.29, 1.82) is 0 Å². The summed E-state index contributed by atoms with van der Waals surface area (Å²) in [4.78, 5) is 17.9. The normalized spacial score (nSPS) is 20.2. The zero-order valence-corrected chi connectivity index (χ0v) is 30.5. The number of methoxy groups -OCH3 is 1. The smallest absolute Gasteiger partial charge is 0.416 e. The number of sulfonamides is 1. The molecule has 4 rings (SSSR count). The second-order valence-electron chi connectivity index (χ2n) is 13.2. The average Bonchev–Trinajstić information content (AvgIpc) is 3.09. The first-order valence-electron chi connectivity index (χ1n) is 17.0. The number of nitrogens with one attached hydrogen (secondary N) is 1. The van der Waals surface area contributed by atoms with Crippen molar-refractivity contribution < 1.29 is 45.7 Å². The van der Waals surface area contributed by atoms with Crippen LogP contribution in [0.25, 0.3) is 0 Å². The van der Waals surface area contributed by atoms with Gasteiger partial charge in [0.15, 0.2) is 0 Å². The topological polar surface area (TPSA) is 118 Å². The van der Waals surface area contributed by atoms with Gasteiger partial charge in [-0.2, -0.15) is 13.2 Å². The number of carbonyl (C=O) groups is 1. The summed E-state index contributed by atoms with van der Waals surface area (Å²) in [5.41, 5.74) is 0.306. The van der Waals surface area contributed by atoms with Crippen LogP contribution in [0.1, 0.15) is 61.5 Å². The number of carbonyl (C=O) groups excluding carboxylic acids is 1. The number of anilines is 1. The van der Waals surface area contributed by atoms with Crippen LogP contribution in [0, 0.1) is 5.92 Å². The molecule has 0 unspecified atom stereocenters. The van der Waals surface area contributed by atoms with Gasteiger partial charge in [-0.3, -0.25) is 14.4 Å². The van der Waals surface area contributed by atoms with Gasteiger partial charge in [-0.15, -0.1) is 0 Å². The molecule has 0 bridgehead atoms. The number of hydrogen-bond donors (Lipinski definition) is 2. The van der Waals surface area contributed by atoms with Crippen molar-refractivity contribution in [1.82, 2.24) is 9.80 Å². The Labute approximate surface area is 298 Å². The van der Waals surface area contributed by atoms with Crippen molar-refractivity contribution in [2.24, 2.45) is 5.92 Å². The summed E-state index contributed by atoms with van der Waals surface area (Å²) in [7, 11) is -0.672. The summed E-state index contributed by atoms with van der Waals surface area (Å²) in [6.45, 7) is 6.73. The molecule has 0 aliphatic carbocycles. The van der Waals surface area contributed by atoms with Crippen LogP contribution in [-0.4, -0.2) is 87.9 Å². The Morgan fingerprint density at radius 2 is 1.75 bits per heavy atom. The van der Waals surface area contributed by atoms with Gasteiger partial charge in [0.25, 0.3) is 15.9 Å². The lowest BCUT2D eigenvalue weighted by Crippen LogP contribution is -2.47. The van der Waals surface area contributed by atoms with Crippen LogP contribution in [0.5, 0.6) is 11.5 Å². The average molecular weight is 736 g/mol. The first kappa shape index (κ1) is 39.9. The summed E-state index contributed by atoms with van der Waals surface area (Å²) in [5, 5.41) is 10.2. The number of alkyl halides is 3. The van der Waals surface area contributed by atoms with Crippen molar-refractivity contribution in [3.05, 3.63) is 83.4 Å². The lowest BCUT2D eigenvalue weighted by molar-refractivity contribution is -0.137. The molecule has 0 radical (unpaired) electrons. The first-order valence-corrected chi connectivity index (χ1v) is 18.4. The van der Waals surface area contributed by atoms with Gasteiger partial charge in [0.1, 0.15) is 11.5 Å². The molecule has 10 nitrogen and oxygen atoms in total. The summed E-state index contributed by atoms with van der Waals surface area (Å²) >= 11 is 0. The summed E-state index contributed by atoms with van der Waals surface area (Å²) in [6.07, 6.45) is -2.81. The van der Waals surface area contributed by atoms with E-state index in [0.29, 0.717) is 43.2 Å². The molecule has 0 saturated carbocycles. The number of fused-ring (bicyclic) bond motifs is 1. The van der Waals surface area contributed by atoms with Crippen LogP contribution in [0.15, 0.2) is 71.6 Å². The third kappa shape index (κ3) is 11.1. The van der Waals surface area contributed by atoms with Gasteiger partial charge in [0.05, 0.1) is 48.0 Å². The monoisotopic (exact) mass is 735 g/mol. The van der Waals surface area contributed by atoms with Crippen LogP contribution < -0.4 is 14.2 Å².